The highest BCUT2D eigenvalue weighted by atomic mass is 79.9. The standard InChI is InChI=1S/C13H14BrN3O2/c1-7-4-10-11(19-6-18-10)5-8(7)12-9(2-3-15)16-13(14)17-12/h4-5H,2-3,6,15H2,1H3,(H,16,17). The third kappa shape index (κ3) is 2.21. The molecule has 0 bridgehead atoms. The maximum atomic E-state index is 5.64. The first-order valence-corrected chi connectivity index (χ1v) is 6.83. The van der Waals surface area contributed by atoms with Crippen molar-refractivity contribution >= 4 is 15.9 Å². The molecule has 1 aliphatic rings. The van der Waals surface area contributed by atoms with Gasteiger partial charge in [-0.05, 0) is 47.1 Å². The molecule has 2 aromatic rings. The van der Waals surface area contributed by atoms with Crippen molar-refractivity contribution in [1.29, 1.82) is 0 Å². The topological polar surface area (TPSA) is 73.2 Å². The average Bonchev–Trinajstić information content (AvgIpc) is 2.95. The molecule has 19 heavy (non-hydrogen) atoms. The molecular formula is C13H14BrN3O2. The number of aromatic amines is 1. The molecule has 0 aliphatic carbocycles. The van der Waals surface area contributed by atoms with E-state index in [1.807, 2.05) is 19.1 Å². The van der Waals surface area contributed by atoms with Gasteiger partial charge in [-0.15, -0.1) is 0 Å². The summed E-state index contributed by atoms with van der Waals surface area (Å²) in [7, 11) is 0. The lowest BCUT2D eigenvalue weighted by molar-refractivity contribution is 0.174. The number of imidazole rings is 1. The predicted octanol–water partition coefficient (Wildman–Crippen LogP) is 2.38. The van der Waals surface area contributed by atoms with Crippen LogP contribution in [0.4, 0.5) is 0 Å². The number of aromatic nitrogens is 2. The van der Waals surface area contributed by atoms with E-state index in [9.17, 15) is 0 Å². The number of hydrogen-bond acceptors (Lipinski definition) is 4. The quantitative estimate of drug-likeness (QED) is 0.909. The Morgan fingerprint density at radius 2 is 2.11 bits per heavy atom. The number of H-pyrrole nitrogens is 1. The fourth-order valence-electron chi connectivity index (χ4n) is 2.22. The average molecular weight is 324 g/mol. The van der Waals surface area contributed by atoms with Crippen LogP contribution in [-0.4, -0.2) is 23.3 Å². The second-order valence-electron chi connectivity index (χ2n) is 4.41. The minimum absolute atomic E-state index is 0.276. The van der Waals surface area contributed by atoms with Gasteiger partial charge in [-0.25, -0.2) is 4.98 Å². The summed E-state index contributed by atoms with van der Waals surface area (Å²) in [5.74, 6) is 1.55. The van der Waals surface area contributed by atoms with Crippen LogP contribution in [0.2, 0.25) is 0 Å². The summed E-state index contributed by atoms with van der Waals surface area (Å²) in [6, 6.07) is 3.95. The first-order valence-electron chi connectivity index (χ1n) is 6.04. The summed E-state index contributed by atoms with van der Waals surface area (Å²) in [4.78, 5) is 7.69. The highest BCUT2D eigenvalue weighted by Crippen LogP contribution is 2.39. The molecule has 0 amide bonds. The summed E-state index contributed by atoms with van der Waals surface area (Å²) in [5.41, 5.74) is 9.71. The first kappa shape index (κ1) is 12.5. The molecule has 0 saturated carbocycles. The molecule has 6 heteroatoms. The van der Waals surface area contributed by atoms with E-state index >= 15 is 0 Å². The largest absolute Gasteiger partial charge is 0.454 e. The molecule has 3 N–H and O–H groups in total. The van der Waals surface area contributed by atoms with Gasteiger partial charge in [-0.2, -0.15) is 0 Å². The van der Waals surface area contributed by atoms with Gasteiger partial charge in [0.2, 0.25) is 6.79 Å². The van der Waals surface area contributed by atoms with Crippen molar-refractivity contribution in [2.45, 2.75) is 13.3 Å². The van der Waals surface area contributed by atoms with Crippen LogP contribution in [0.3, 0.4) is 0 Å². The van der Waals surface area contributed by atoms with Crippen molar-refractivity contribution in [1.82, 2.24) is 9.97 Å². The molecule has 0 spiro atoms. The van der Waals surface area contributed by atoms with Crippen molar-refractivity contribution < 1.29 is 9.47 Å². The molecule has 0 unspecified atom stereocenters. The Morgan fingerprint density at radius 1 is 1.37 bits per heavy atom. The second kappa shape index (κ2) is 4.86. The number of halogens is 1. The maximum absolute atomic E-state index is 5.64. The minimum atomic E-state index is 0.276. The van der Waals surface area contributed by atoms with E-state index < -0.39 is 0 Å². The Kier molecular flexibility index (Phi) is 3.20. The molecular weight excluding hydrogens is 310 g/mol. The zero-order chi connectivity index (χ0) is 13.4. The van der Waals surface area contributed by atoms with Gasteiger partial charge in [0, 0.05) is 17.7 Å². The Bertz CT molecular complexity index is 625. The van der Waals surface area contributed by atoms with Crippen LogP contribution in [0.25, 0.3) is 11.3 Å². The number of fused-ring (bicyclic) bond motifs is 1. The third-order valence-electron chi connectivity index (χ3n) is 3.12. The summed E-state index contributed by atoms with van der Waals surface area (Å²) in [6.07, 6.45) is 0.752. The highest BCUT2D eigenvalue weighted by molar-refractivity contribution is 9.10. The van der Waals surface area contributed by atoms with Crippen molar-refractivity contribution in [3.8, 4) is 22.8 Å². The van der Waals surface area contributed by atoms with Crippen LogP contribution in [0.15, 0.2) is 16.9 Å². The molecule has 1 aromatic carbocycles. The smallest absolute Gasteiger partial charge is 0.231 e. The number of hydrogen-bond donors (Lipinski definition) is 2. The number of ether oxygens (including phenoxy) is 2. The predicted molar refractivity (Wildman–Crippen MR) is 75.3 cm³/mol. The summed E-state index contributed by atoms with van der Waals surface area (Å²) < 4.78 is 11.5. The SMILES string of the molecule is Cc1cc2c(cc1-c1nc(Br)[nH]c1CCN)OCO2. The molecule has 0 fully saturated rings. The lowest BCUT2D eigenvalue weighted by Gasteiger charge is -2.07. The van der Waals surface area contributed by atoms with Gasteiger partial charge in [0.25, 0.3) is 0 Å². The van der Waals surface area contributed by atoms with Crippen LogP contribution in [0.1, 0.15) is 11.3 Å². The normalized spacial score (nSPS) is 13.0. The van der Waals surface area contributed by atoms with Gasteiger partial charge in [0.1, 0.15) is 0 Å². The van der Waals surface area contributed by atoms with Crippen molar-refractivity contribution in [2.24, 2.45) is 5.73 Å². The zero-order valence-corrected chi connectivity index (χ0v) is 12.1. The summed E-state index contributed by atoms with van der Waals surface area (Å²) in [6.45, 7) is 2.88. The lowest BCUT2D eigenvalue weighted by Crippen LogP contribution is -2.04. The van der Waals surface area contributed by atoms with E-state index in [-0.39, 0.29) is 6.79 Å². The number of aryl methyl sites for hydroxylation is 1. The van der Waals surface area contributed by atoms with Gasteiger partial charge in [0.05, 0.1) is 5.69 Å². The van der Waals surface area contributed by atoms with Crippen molar-refractivity contribution in [2.75, 3.05) is 13.3 Å². The van der Waals surface area contributed by atoms with Crippen LogP contribution in [0, 0.1) is 6.92 Å². The minimum Gasteiger partial charge on any atom is -0.454 e. The van der Waals surface area contributed by atoms with Gasteiger partial charge in [0.15, 0.2) is 16.2 Å². The fraction of sp³-hybridized carbons (Fsp3) is 0.308. The van der Waals surface area contributed by atoms with Crippen molar-refractivity contribution in [3.63, 3.8) is 0 Å². The Labute approximate surface area is 119 Å². The number of nitrogens with two attached hydrogens (primary N) is 1. The third-order valence-corrected chi connectivity index (χ3v) is 3.49. The maximum Gasteiger partial charge on any atom is 0.231 e. The number of nitrogens with zero attached hydrogens (tertiary/aromatic N) is 1. The van der Waals surface area contributed by atoms with Crippen molar-refractivity contribution in [3.05, 3.63) is 28.1 Å². The molecule has 1 aliphatic heterocycles. The van der Waals surface area contributed by atoms with Crippen LogP contribution in [-0.2, 0) is 6.42 Å². The second-order valence-corrected chi connectivity index (χ2v) is 5.16. The summed E-state index contributed by atoms with van der Waals surface area (Å²) in [5, 5.41) is 0. The number of nitrogens with one attached hydrogen (secondary N) is 1. The highest BCUT2D eigenvalue weighted by Gasteiger charge is 2.19. The molecule has 1 aromatic heterocycles. The van der Waals surface area contributed by atoms with E-state index in [0.717, 1.165) is 40.4 Å². The molecule has 0 saturated heterocycles. The molecule has 2 heterocycles. The molecule has 3 rings (SSSR count). The van der Waals surface area contributed by atoms with Gasteiger partial charge in [-0.1, -0.05) is 0 Å². The molecule has 100 valence electrons. The fourth-order valence-corrected chi connectivity index (χ4v) is 2.64. The zero-order valence-electron chi connectivity index (χ0n) is 10.5. The Balaban J connectivity index is 2.11. The van der Waals surface area contributed by atoms with Gasteiger partial charge in [-0.3, -0.25) is 0 Å². The van der Waals surface area contributed by atoms with E-state index in [2.05, 4.69) is 25.9 Å². The molecule has 0 radical (unpaired) electrons. The number of rotatable bonds is 3. The first-order chi connectivity index (χ1) is 9.19. The molecule has 0 atom stereocenters. The van der Waals surface area contributed by atoms with E-state index in [0.29, 0.717) is 11.3 Å². The van der Waals surface area contributed by atoms with E-state index in [1.54, 1.807) is 0 Å². The van der Waals surface area contributed by atoms with Crippen LogP contribution < -0.4 is 15.2 Å². The van der Waals surface area contributed by atoms with Gasteiger partial charge >= 0.3 is 0 Å². The lowest BCUT2D eigenvalue weighted by atomic mass is 10.0. The van der Waals surface area contributed by atoms with Crippen LogP contribution in [0.5, 0.6) is 11.5 Å². The Hall–Kier alpha value is -1.53. The summed E-state index contributed by atoms with van der Waals surface area (Å²) >= 11 is 3.37. The molecule has 5 nitrogen and oxygen atoms in total. The van der Waals surface area contributed by atoms with E-state index in [4.69, 9.17) is 15.2 Å². The monoisotopic (exact) mass is 323 g/mol. The van der Waals surface area contributed by atoms with Crippen LogP contribution >= 0.6 is 15.9 Å². The van der Waals surface area contributed by atoms with Gasteiger partial charge < -0.3 is 20.2 Å². The Morgan fingerprint density at radius 3 is 2.84 bits per heavy atom. The number of benzene rings is 1. The van der Waals surface area contributed by atoms with E-state index in [1.165, 1.54) is 0 Å².